The first-order valence-electron chi connectivity index (χ1n) is 5.12. The van der Waals surface area contributed by atoms with Gasteiger partial charge in [-0.15, -0.1) is 0 Å². The van der Waals surface area contributed by atoms with Gasteiger partial charge in [0, 0.05) is 18.9 Å². The van der Waals surface area contributed by atoms with Crippen molar-refractivity contribution in [3.8, 4) is 5.75 Å². The summed E-state index contributed by atoms with van der Waals surface area (Å²) in [5, 5.41) is 0. The minimum Gasteiger partial charge on any atom is -0.497 e. The van der Waals surface area contributed by atoms with Crippen molar-refractivity contribution in [1.82, 2.24) is 4.57 Å². The van der Waals surface area contributed by atoms with E-state index in [1.165, 1.54) is 5.56 Å². The van der Waals surface area contributed by atoms with Crippen LogP contribution < -0.4 is 4.74 Å². The van der Waals surface area contributed by atoms with Gasteiger partial charge >= 0.3 is 0 Å². The molecule has 1 aromatic carbocycles. The lowest BCUT2D eigenvalue weighted by atomic mass is 10.1. The summed E-state index contributed by atoms with van der Waals surface area (Å²) in [6.45, 7) is 1.03. The standard InChI is InChI=1S/C13H15NO/c1-15-13-6-4-12(5-7-13)8-11-14-9-2-3-10-14/h2-7,9-10H,8,11H2,1H3. The molecule has 0 N–H and O–H groups in total. The van der Waals surface area contributed by atoms with E-state index in [0.29, 0.717) is 0 Å². The van der Waals surface area contributed by atoms with Crippen molar-refractivity contribution in [2.75, 3.05) is 7.11 Å². The summed E-state index contributed by atoms with van der Waals surface area (Å²) in [5.41, 5.74) is 1.34. The third-order valence-corrected chi connectivity index (χ3v) is 2.48. The minimum atomic E-state index is 0.916. The van der Waals surface area contributed by atoms with E-state index >= 15 is 0 Å². The number of aromatic nitrogens is 1. The van der Waals surface area contributed by atoms with Gasteiger partial charge in [0.05, 0.1) is 7.11 Å². The lowest BCUT2D eigenvalue weighted by molar-refractivity contribution is 0.414. The Labute approximate surface area is 90.1 Å². The van der Waals surface area contributed by atoms with Gasteiger partial charge in [0.15, 0.2) is 0 Å². The predicted molar refractivity (Wildman–Crippen MR) is 61.1 cm³/mol. The number of benzene rings is 1. The average molecular weight is 201 g/mol. The Morgan fingerprint density at radius 2 is 1.73 bits per heavy atom. The van der Waals surface area contributed by atoms with Crippen molar-refractivity contribution in [3.05, 3.63) is 54.4 Å². The van der Waals surface area contributed by atoms with Crippen molar-refractivity contribution >= 4 is 0 Å². The normalized spacial score (nSPS) is 10.2. The van der Waals surface area contributed by atoms with Crippen LogP contribution >= 0.6 is 0 Å². The highest BCUT2D eigenvalue weighted by molar-refractivity contribution is 5.27. The van der Waals surface area contributed by atoms with Crippen LogP contribution in [-0.2, 0) is 13.0 Å². The maximum Gasteiger partial charge on any atom is 0.118 e. The van der Waals surface area contributed by atoms with Gasteiger partial charge in [0.25, 0.3) is 0 Å². The van der Waals surface area contributed by atoms with Crippen LogP contribution in [0.1, 0.15) is 5.56 Å². The molecule has 0 amide bonds. The molecule has 0 aliphatic heterocycles. The Morgan fingerprint density at radius 3 is 2.33 bits per heavy atom. The summed E-state index contributed by atoms with van der Waals surface area (Å²) >= 11 is 0. The lowest BCUT2D eigenvalue weighted by Gasteiger charge is -2.04. The summed E-state index contributed by atoms with van der Waals surface area (Å²) in [5.74, 6) is 0.916. The highest BCUT2D eigenvalue weighted by Crippen LogP contribution is 2.12. The molecule has 0 aliphatic rings. The highest BCUT2D eigenvalue weighted by atomic mass is 16.5. The van der Waals surface area contributed by atoms with E-state index in [1.807, 2.05) is 24.3 Å². The van der Waals surface area contributed by atoms with Crippen LogP contribution in [0.5, 0.6) is 5.75 Å². The molecule has 0 saturated carbocycles. The maximum atomic E-state index is 5.11. The van der Waals surface area contributed by atoms with E-state index in [-0.39, 0.29) is 0 Å². The largest absolute Gasteiger partial charge is 0.497 e. The topological polar surface area (TPSA) is 14.2 Å². The van der Waals surface area contributed by atoms with Crippen LogP contribution in [0, 0.1) is 0 Å². The Bertz CT molecular complexity index is 389. The zero-order chi connectivity index (χ0) is 10.5. The van der Waals surface area contributed by atoms with E-state index in [1.54, 1.807) is 7.11 Å². The summed E-state index contributed by atoms with van der Waals surface area (Å²) in [6, 6.07) is 12.3. The van der Waals surface area contributed by atoms with E-state index in [2.05, 4.69) is 29.1 Å². The molecule has 2 heteroatoms. The van der Waals surface area contributed by atoms with Crippen LogP contribution in [0.3, 0.4) is 0 Å². The molecular weight excluding hydrogens is 186 g/mol. The van der Waals surface area contributed by atoms with Gasteiger partial charge in [-0.3, -0.25) is 0 Å². The Kier molecular flexibility index (Phi) is 3.08. The fourth-order valence-electron chi connectivity index (χ4n) is 1.57. The number of ether oxygens (including phenoxy) is 1. The van der Waals surface area contributed by atoms with Crippen LogP contribution in [0.4, 0.5) is 0 Å². The van der Waals surface area contributed by atoms with Crippen molar-refractivity contribution < 1.29 is 4.74 Å². The van der Waals surface area contributed by atoms with Crippen LogP contribution in [0.25, 0.3) is 0 Å². The molecule has 0 saturated heterocycles. The van der Waals surface area contributed by atoms with E-state index < -0.39 is 0 Å². The lowest BCUT2D eigenvalue weighted by Crippen LogP contribution is -1.97. The summed E-state index contributed by atoms with van der Waals surface area (Å²) < 4.78 is 7.30. The van der Waals surface area contributed by atoms with Crippen LogP contribution in [0.2, 0.25) is 0 Å². The number of rotatable bonds is 4. The number of hydrogen-bond acceptors (Lipinski definition) is 1. The zero-order valence-electron chi connectivity index (χ0n) is 8.89. The predicted octanol–water partition coefficient (Wildman–Crippen LogP) is 2.74. The van der Waals surface area contributed by atoms with Crippen LogP contribution in [0.15, 0.2) is 48.8 Å². The molecule has 0 aliphatic carbocycles. The quantitative estimate of drug-likeness (QED) is 0.742. The zero-order valence-corrected chi connectivity index (χ0v) is 8.89. The van der Waals surface area contributed by atoms with Gasteiger partial charge in [-0.05, 0) is 36.2 Å². The van der Waals surface area contributed by atoms with Gasteiger partial charge in [-0.1, -0.05) is 12.1 Å². The highest BCUT2D eigenvalue weighted by Gasteiger charge is 1.95. The van der Waals surface area contributed by atoms with Gasteiger partial charge in [-0.25, -0.2) is 0 Å². The van der Waals surface area contributed by atoms with Gasteiger partial charge < -0.3 is 9.30 Å². The molecule has 0 radical (unpaired) electrons. The molecule has 0 unspecified atom stereocenters. The molecule has 0 fully saturated rings. The fraction of sp³-hybridized carbons (Fsp3) is 0.231. The average Bonchev–Trinajstić information content (AvgIpc) is 2.80. The second-order valence-corrected chi connectivity index (χ2v) is 3.52. The SMILES string of the molecule is COc1ccc(CCn2cccc2)cc1. The van der Waals surface area contributed by atoms with Crippen molar-refractivity contribution in [1.29, 1.82) is 0 Å². The number of aryl methyl sites for hydroxylation is 2. The van der Waals surface area contributed by atoms with Gasteiger partial charge in [0.2, 0.25) is 0 Å². The second-order valence-electron chi connectivity index (χ2n) is 3.52. The molecule has 0 spiro atoms. The maximum absolute atomic E-state index is 5.11. The molecule has 78 valence electrons. The molecule has 1 heterocycles. The molecule has 0 atom stereocenters. The number of nitrogens with zero attached hydrogens (tertiary/aromatic N) is 1. The number of methoxy groups -OCH3 is 1. The third kappa shape index (κ3) is 2.62. The molecule has 1 aromatic heterocycles. The van der Waals surface area contributed by atoms with Gasteiger partial charge in [0.1, 0.15) is 5.75 Å². The van der Waals surface area contributed by atoms with E-state index in [4.69, 9.17) is 4.74 Å². The molecule has 2 aromatic rings. The van der Waals surface area contributed by atoms with E-state index in [0.717, 1.165) is 18.7 Å². The van der Waals surface area contributed by atoms with Crippen LogP contribution in [-0.4, -0.2) is 11.7 Å². The Hall–Kier alpha value is -1.70. The first-order valence-corrected chi connectivity index (χ1v) is 5.12. The first-order chi connectivity index (χ1) is 7.38. The minimum absolute atomic E-state index is 0.916. The fourth-order valence-corrected chi connectivity index (χ4v) is 1.57. The van der Waals surface area contributed by atoms with Gasteiger partial charge in [-0.2, -0.15) is 0 Å². The van der Waals surface area contributed by atoms with E-state index in [9.17, 15) is 0 Å². The third-order valence-electron chi connectivity index (χ3n) is 2.48. The molecule has 15 heavy (non-hydrogen) atoms. The smallest absolute Gasteiger partial charge is 0.118 e. The Morgan fingerprint density at radius 1 is 1.07 bits per heavy atom. The Balaban J connectivity index is 1.93. The van der Waals surface area contributed by atoms with Crippen molar-refractivity contribution in [3.63, 3.8) is 0 Å². The van der Waals surface area contributed by atoms with Crippen molar-refractivity contribution in [2.24, 2.45) is 0 Å². The second kappa shape index (κ2) is 4.69. The summed E-state index contributed by atoms with van der Waals surface area (Å²) in [7, 11) is 1.69. The number of hydrogen-bond donors (Lipinski definition) is 0. The molecule has 2 rings (SSSR count). The van der Waals surface area contributed by atoms with Crippen molar-refractivity contribution in [2.45, 2.75) is 13.0 Å². The molecule has 0 bridgehead atoms. The molecule has 2 nitrogen and oxygen atoms in total. The first kappa shape index (κ1) is 9.84. The summed E-state index contributed by atoms with van der Waals surface area (Å²) in [4.78, 5) is 0. The molecular formula is C13H15NO. The monoisotopic (exact) mass is 201 g/mol. The summed E-state index contributed by atoms with van der Waals surface area (Å²) in [6.07, 6.45) is 5.23.